The van der Waals surface area contributed by atoms with Gasteiger partial charge in [-0.05, 0) is 24.3 Å². The molecule has 1 amide bonds. The Morgan fingerprint density at radius 3 is 2.82 bits per heavy atom. The maximum atomic E-state index is 11.9. The number of carbonyl (C=O) groups is 1. The molecule has 0 radical (unpaired) electrons. The molecule has 0 bridgehead atoms. The minimum absolute atomic E-state index is 0.0722. The lowest BCUT2D eigenvalue weighted by Crippen LogP contribution is -2.31. The molecule has 10 heteroatoms. The molecule has 28 heavy (non-hydrogen) atoms. The summed E-state index contributed by atoms with van der Waals surface area (Å²) >= 11 is 5.81. The van der Waals surface area contributed by atoms with E-state index in [4.69, 9.17) is 21.1 Å². The molecule has 0 aliphatic carbocycles. The number of hydrogen-bond donors (Lipinski definition) is 2. The van der Waals surface area contributed by atoms with E-state index in [1.165, 1.54) is 6.33 Å². The van der Waals surface area contributed by atoms with Crippen molar-refractivity contribution in [2.45, 2.75) is 6.54 Å². The lowest BCUT2D eigenvalue weighted by molar-refractivity contribution is -0.123. The number of anilines is 1. The van der Waals surface area contributed by atoms with Crippen LogP contribution in [0.5, 0.6) is 5.75 Å². The molecule has 2 heterocycles. The van der Waals surface area contributed by atoms with Crippen molar-refractivity contribution in [2.75, 3.05) is 38.7 Å². The monoisotopic (exact) mass is 404 g/mol. The van der Waals surface area contributed by atoms with Crippen LogP contribution >= 0.6 is 11.6 Å². The van der Waals surface area contributed by atoms with Crippen molar-refractivity contribution in [3.8, 4) is 5.75 Å². The number of hydrogen-bond acceptors (Lipinski definition) is 7. The third-order valence-electron chi connectivity index (χ3n) is 3.86. The fraction of sp³-hybridized carbons (Fsp3) is 0.333. The molecular formula is C18H21ClN6O3. The Morgan fingerprint density at radius 1 is 1.21 bits per heavy atom. The molecule has 9 nitrogen and oxygen atoms in total. The van der Waals surface area contributed by atoms with Gasteiger partial charge in [-0.1, -0.05) is 11.6 Å². The molecule has 0 saturated heterocycles. The van der Waals surface area contributed by atoms with Crippen LogP contribution < -0.4 is 15.4 Å². The molecule has 148 valence electrons. The van der Waals surface area contributed by atoms with E-state index >= 15 is 0 Å². The number of aromatic nitrogens is 4. The third kappa shape index (κ3) is 5.30. The van der Waals surface area contributed by atoms with E-state index in [-0.39, 0.29) is 12.5 Å². The van der Waals surface area contributed by atoms with Gasteiger partial charge in [0.2, 0.25) is 0 Å². The summed E-state index contributed by atoms with van der Waals surface area (Å²) in [6.07, 6.45) is 3.18. The van der Waals surface area contributed by atoms with Crippen LogP contribution in [0.3, 0.4) is 0 Å². The Bertz CT molecular complexity index is 915. The number of methoxy groups -OCH3 is 1. The first kappa shape index (κ1) is 19.8. The van der Waals surface area contributed by atoms with Crippen LogP contribution in [0.15, 0.2) is 36.8 Å². The highest BCUT2D eigenvalue weighted by atomic mass is 35.5. The van der Waals surface area contributed by atoms with Gasteiger partial charge in [-0.25, -0.2) is 14.6 Å². The van der Waals surface area contributed by atoms with Crippen LogP contribution in [0.1, 0.15) is 0 Å². The second-order valence-corrected chi connectivity index (χ2v) is 6.28. The molecule has 0 aliphatic rings. The third-order valence-corrected chi connectivity index (χ3v) is 4.11. The first-order valence-electron chi connectivity index (χ1n) is 8.72. The van der Waals surface area contributed by atoms with Gasteiger partial charge >= 0.3 is 0 Å². The van der Waals surface area contributed by atoms with Crippen LogP contribution in [0.2, 0.25) is 5.02 Å². The Labute approximate surface area is 167 Å². The minimum atomic E-state index is -0.219. The molecule has 0 saturated carbocycles. The smallest absolute Gasteiger partial charge is 0.258 e. The average Bonchev–Trinajstić information content (AvgIpc) is 3.12. The maximum absolute atomic E-state index is 11.9. The largest absolute Gasteiger partial charge is 0.484 e. The van der Waals surface area contributed by atoms with Crippen molar-refractivity contribution in [1.82, 2.24) is 25.1 Å². The standard InChI is InChI=1S/C18H21ClN6O3/c1-27-9-7-21-17-15-10-24-25(18(15)23-12-22-17)8-6-20-16(26)11-28-14-4-2-13(19)3-5-14/h2-5,10,12H,6-9,11H2,1H3,(H,20,26)(H,21,22,23). The summed E-state index contributed by atoms with van der Waals surface area (Å²) in [5.74, 6) is 1.07. The molecule has 0 fully saturated rings. The van der Waals surface area contributed by atoms with Gasteiger partial charge in [0.05, 0.1) is 24.7 Å². The first-order valence-corrected chi connectivity index (χ1v) is 9.09. The van der Waals surface area contributed by atoms with E-state index in [1.807, 2.05) is 0 Å². The van der Waals surface area contributed by atoms with Crippen molar-refractivity contribution in [1.29, 1.82) is 0 Å². The average molecular weight is 405 g/mol. The molecule has 0 spiro atoms. The molecular weight excluding hydrogens is 384 g/mol. The zero-order chi connectivity index (χ0) is 19.8. The molecule has 3 rings (SSSR count). The van der Waals surface area contributed by atoms with Gasteiger partial charge in [0, 0.05) is 25.2 Å². The Balaban J connectivity index is 1.49. The van der Waals surface area contributed by atoms with Crippen LogP contribution in [0.4, 0.5) is 5.82 Å². The lowest BCUT2D eigenvalue weighted by Gasteiger charge is -2.08. The summed E-state index contributed by atoms with van der Waals surface area (Å²) in [5.41, 5.74) is 0.696. The summed E-state index contributed by atoms with van der Waals surface area (Å²) in [6, 6.07) is 6.84. The molecule has 0 atom stereocenters. The molecule has 0 aliphatic heterocycles. The van der Waals surface area contributed by atoms with E-state index in [9.17, 15) is 4.79 Å². The molecule has 2 aromatic heterocycles. The summed E-state index contributed by atoms with van der Waals surface area (Å²) in [4.78, 5) is 20.5. The number of carbonyl (C=O) groups excluding carboxylic acids is 1. The van der Waals surface area contributed by atoms with Crippen molar-refractivity contribution in [2.24, 2.45) is 0 Å². The van der Waals surface area contributed by atoms with Crippen LogP contribution in [0, 0.1) is 0 Å². The molecule has 0 unspecified atom stereocenters. The second kappa shape index (κ2) is 9.86. The number of rotatable bonds is 10. The summed E-state index contributed by atoms with van der Waals surface area (Å²) < 4.78 is 12.2. The predicted molar refractivity (Wildman–Crippen MR) is 106 cm³/mol. The summed E-state index contributed by atoms with van der Waals surface area (Å²) in [7, 11) is 1.64. The van der Waals surface area contributed by atoms with Gasteiger partial charge in [-0.15, -0.1) is 0 Å². The predicted octanol–water partition coefficient (Wildman–Crippen LogP) is 1.73. The number of fused-ring (bicyclic) bond motifs is 1. The summed E-state index contributed by atoms with van der Waals surface area (Å²) in [5, 5.41) is 11.7. The van der Waals surface area contributed by atoms with Crippen LogP contribution in [0.25, 0.3) is 11.0 Å². The van der Waals surface area contributed by atoms with Gasteiger partial charge in [-0.3, -0.25) is 4.79 Å². The Morgan fingerprint density at radius 2 is 2.04 bits per heavy atom. The van der Waals surface area contributed by atoms with E-state index in [0.29, 0.717) is 48.5 Å². The maximum Gasteiger partial charge on any atom is 0.258 e. The van der Waals surface area contributed by atoms with E-state index < -0.39 is 0 Å². The van der Waals surface area contributed by atoms with Gasteiger partial charge in [0.1, 0.15) is 17.9 Å². The fourth-order valence-electron chi connectivity index (χ4n) is 2.50. The SMILES string of the molecule is COCCNc1ncnc2c1cnn2CCNC(=O)COc1ccc(Cl)cc1. The minimum Gasteiger partial charge on any atom is -0.484 e. The summed E-state index contributed by atoms with van der Waals surface area (Å²) in [6.45, 7) is 2.01. The zero-order valence-corrected chi connectivity index (χ0v) is 16.1. The Hall–Kier alpha value is -2.91. The zero-order valence-electron chi connectivity index (χ0n) is 15.4. The topological polar surface area (TPSA) is 103 Å². The highest BCUT2D eigenvalue weighted by molar-refractivity contribution is 6.30. The van der Waals surface area contributed by atoms with Gasteiger partial charge in [-0.2, -0.15) is 5.10 Å². The van der Waals surface area contributed by atoms with Crippen LogP contribution in [-0.4, -0.2) is 59.1 Å². The number of nitrogens with zero attached hydrogens (tertiary/aromatic N) is 4. The molecule has 1 aromatic carbocycles. The van der Waals surface area contributed by atoms with Crippen molar-refractivity contribution in [3.05, 3.63) is 41.8 Å². The number of amides is 1. The van der Waals surface area contributed by atoms with Crippen molar-refractivity contribution in [3.63, 3.8) is 0 Å². The van der Waals surface area contributed by atoms with Gasteiger partial charge < -0.3 is 20.1 Å². The van der Waals surface area contributed by atoms with Gasteiger partial charge in [0.25, 0.3) is 5.91 Å². The molecule has 2 N–H and O–H groups in total. The highest BCUT2D eigenvalue weighted by Crippen LogP contribution is 2.18. The van der Waals surface area contributed by atoms with Crippen molar-refractivity contribution >= 4 is 34.4 Å². The number of nitrogens with one attached hydrogen (secondary N) is 2. The highest BCUT2D eigenvalue weighted by Gasteiger charge is 2.10. The second-order valence-electron chi connectivity index (χ2n) is 5.84. The Kier molecular flexibility index (Phi) is 6.99. The number of benzene rings is 1. The quantitative estimate of drug-likeness (QED) is 0.496. The van der Waals surface area contributed by atoms with Crippen molar-refractivity contribution < 1.29 is 14.3 Å². The number of halogens is 1. The normalized spacial score (nSPS) is 10.8. The number of ether oxygens (including phenoxy) is 2. The van der Waals surface area contributed by atoms with Gasteiger partial charge in [0.15, 0.2) is 12.3 Å². The first-order chi connectivity index (χ1) is 13.7. The fourth-order valence-corrected chi connectivity index (χ4v) is 2.63. The van der Waals surface area contributed by atoms with E-state index in [2.05, 4.69) is 25.7 Å². The van der Waals surface area contributed by atoms with E-state index in [0.717, 1.165) is 5.39 Å². The van der Waals surface area contributed by atoms with Crippen LogP contribution in [-0.2, 0) is 16.1 Å². The van der Waals surface area contributed by atoms with E-state index in [1.54, 1.807) is 42.3 Å². The molecule has 3 aromatic rings. The lowest BCUT2D eigenvalue weighted by atomic mass is 10.3.